The van der Waals surface area contributed by atoms with Crippen molar-refractivity contribution >= 4 is 11.8 Å². The van der Waals surface area contributed by atoms with Gasteiger partial charge in [0.25, 0.3) is 0 Å². The number of Topliss-reactive ketones (excluding diaryl/α,β-unsaturated/α-hetero) is 1. The van der Waals surface area contributed by atoms with Crippen LogP contribution in [0, 0.1) is 0 Å². The molecular weight excluding hydrogens is 716 g/mol. The molecule has 0 aliphatic rings. The summed E-state index contributed by atoms with van der Waals surface area (Å²) in [5.74, 6) is -0.730. The van der Waals surface area contributed by atoms with E-state index in [2.05, 4.69) is 13.8 Å². The lowest BCUT2D eigenvalue weighted by molar-refractivity contribution is -0.138. The summed E-state index contributed by atoms with van der Waals surface area (Å²) < 4.78 is 74.6. The number of aliphatic carboxylic acids is 1. The average molecular weight is 791 g/mol. The molecule has 17 heteroatoms. The maximum absolute atomic E-state index is 10.7. The third-order valence-electron chi connectivity index (χ3n) is 6.22. The highest BCUT2D eigenvalue weighted by atomic mass is 16.6. The molecular formula is C37H74O17. The third kappa shape index (κ3) is 57.3. The monoisotopic (exact) mass is 790 g/mol. The molecule has 0 unspecified atom stereocenters. The molecule has 0 amide bonds. The van der Waals surface area contributed by atoms with E-state index in [1.165, 1.54) is 0 Å². The summed E-state index contributed by atoms with van der Waals surface area (Å²) in [6.07, 6.45) is 2.52. The molecule has 0 aromatic rings. The molecule has 0 rings (SSSR count). The number of carbonyl (C=O) groups is 2. The first-order chi connectivity index (χ1) is 26.5. The molecule has 0 saturated heterocycles. The second-order valence-electron chi connectivity index (χ2n) is 11.2. The molecule has 0 atom stereocenters. The van der Waals surface area contributed by atoms with Gasteiger partial charge >= 0.3 is 5.97 Å². The number of carbonyl (C=O) groups excluding carboxylic acids is 1. The van der Waals surface area contributed by atoms with Gasteiger partial charge in [-0.25, -0.2) is 0 Å². The lowest BCUT2D eigenvalue weighted by atomic mass is 10.3. The van der Waals surface area contributed by atoms with Gasteiger partial charge in [-0.15, -0.1) is 0 Å². The second kappa shape index (κ2) is 51.6. The topological polar surface area (TPSA) is 184 Å². The summed E-state index contributed by atoms with van der Waals surface area (Å²) in [6.45, 7) is 20.6. The van der Waals surface area contributed by atoms with Crippen LogP contribution in [0.2, 0.25) is 0 Å². The van der Waals surface area contributed by atoms with Gasteiger partial charge in [-0.1, -0.05) is 13.8 Å². The van der Waals surface area contributed by atoms with Crippen molar-refractivity contribution in [2.75, 3.05) is 185 Å². The molecule has 0 saturated carbocycles. The molecule has 0 aliphatic heterocycles. The van der Waals surface area contributed by atoms with E-state index in [9.17, 15) is 9.59 Å². The smallest absolute Gasteiger partial charge is 0.305 e. The van der Waals surface area contributed by atoms with Gasteiger partial charge < -0.3 is 71.4 Å². The van der Waals surface area contributed by atoms with Crippen molar-refractivity contribution in [3.8, 4) is 0 Å². The number of ether oxygens (including phenoxy) is 14. The van der Waals surface area contributed by atoms with Gasteiger partial charge in [0.15, 0.2) is 0 Å². The first-order valence-electron chi connectivity index (χ1n) is 19.3. The van der Waals surface area contributed by atoms with Crippen molar-refractivity contribution in [3.05, 3.63) is 0 Å². The van der Waals surface area contributed by atoms with Crippen molar-refractivity contribution in [1.29, 1.82) is 0 Å². The molecule has 0 aliphatic carbocycles. The van der Waals surface area contributed by atoms with E-state index in [0.29, 0.717) is 172 Å². The van der Waals surface area contributed by atoms with E-state index in [1.807, 2.05) is 0 Å². The lowest BCUT2D eigenvalue weighted by Crippen LogP contribution is -2.14. The Bertz CT molecular complexity index is 662. The Hall–Kier alpha value is -1.42. The summed E-state index contributed by atoms with van der Waals surface area (Å²) in [6, 6.07) is 0. The molecule has 0 radical (unpaired) electrons. The minimum atomic E-state index is -0.865. The van der Waals surface area contributed by atoms with Crippen molar-refractivity contribution in [2.45, 2.75) is 46.5 Å². The van der Waals surface area contributed by atoms with E-state index in [-0.39, 0.29) is 18.8 Å². The average Bonchev–Trinajstić information content (AvgIpc) is 3.15. The Morgan fingerprint density at radius 2 is 0.463 bits per heavy atom. The minimum absolute atomic E-state index is 0.0104. The van der Waals surface area contributed by atoms with Crippen molar-refractivity contribution < 1.29 is 81.0 Å². The van der Waals surface area contributed by atoms with Gasteiger partial charge in [-0.2, -0.15) is 0 Å². The molecule has 324 valence electrons. The minimum Gasteiger partial charge on any atom is -0.481 e. The summed E-state index contributed by atoms with van der Waals surface area (Å²) >= 11 is 0. The first-order valence-corrected chi connectivity index (χ1v) is 19.3. The van der Waals surface area contributed by atoms with Crippen LogP contribution in [0.15, 0.2) is 0 Å². The van der Waals surface area contributed by atoms with Crippen LogP contribution in [0.25, 0.3) is 0 Å². The van der Waals surface area contributed by atoms with E-state index in [1.54, 1.807) is 6.92 Å². The van der Waals surface area contributed by atoms with Gasteiger partial charge in [-0.3, -0.25) is 9.59 Å². The van der Waals surface area contributed by atoms with E-state index in [0.717, 1.165) is 26.1 Å². The summed E-state index contributed by atoms with van der Waals surface area (Å²) in [5.41, 5.74) is 0. The summed E-state index contributed by atoms with van der Waals surface area (Å²) in [7, 11) is 0. The highest BCUT2D eigenvalue weighted by molar-refractivity contribution is 5.75. The summed E-state index contributed by atoms with van der Waals surface area (Å²) in [5, 5.41) is 8.43. The zero-order valence-corrected chi connectivity index (χ0v) is 33.6. The number of carboxylic acids is 1. The molecule has 1 N–H and O–H groups in total. The molecule has 0 spiro atoms. The zero-order chi connectivity index (χ0) is 39.7. The predicted octanol–water partition coefficient (Wildman–Crippen LogP) is 2.48. The maximum Gasteiger partial charge on any atom is 0.305 e. The Balaban J connectivity index is 0. The summed E-state index contributed by atoms with van der Waals surface area (Å²) in [4.78, 5) is 21.0. The molecule has 0 aromatic carbocycles. The normalized spacial score (nSPS) is 11.2. The fourth-order valence-corrected chi connectivity index (χ4v) is 3.51. The van der Waals surface area contributed by atoms with Crippen LogP contribution in [0.1, 0.15) is 46.5 Å². The van der Waals surface area contributed by atoms with Crippen LogP contribution in [0.4, 0.5) is 0 Å². The fraction of sp³-hybridized carbons (Fsp3) is 0.946. The fourth-order valence-electron chi connectivity index (χ4n) is 3.51. The lowest BCUT2D eigenvalue weighted by Gasteiger charge is -2.08. The van der Waals surface area contributed by atoms with Crippen molar-refractivity contribution in [1.82, 2.24) is 0 Å². The Morgan fingerprint density at radius 3 is 0.630 bits per heavy atom. The van der Waals surface area contributed by atoms with Crippen LogP contribution < -0.4 is 0 Å². The Labute approximate surface area is 324 Å². The molecule has 17 nitrogen and oxygen atoms in total. The molecule has 0 fully saturated rings. The van der Waals surface area contributed by atoms with Crippen molar-refractivity contribution in [2.24, 2.45) is 0 Å². The van der Waals surface area contributed by atoms with Crippen LogP contribution in [0.3, 0.4) is 0 Å². The van der Waals surface area contributed by atoms with Gasteiger partial charge in [0.05, 0.1) is 178 Å². The third-order valence-corrected chi connectivity index (χ3v) is 6.22. The Morgan fingerprint density at radius 1 is 0.296 bits per heavy atom. The molecule has 54 heavy (non-hydrogen) atoms. The van der Waals surface area contributed by atoms with Crippen LogP contribution in [-0.2, 0) is 75.9 Å². The van der Waals surface area contributed by atoms with E-state index < -0.39 is 5.97 Å². The van der Waals surface area contributed by atoms with E-state index >= 15 is 0 Å². The quantitative estimate of drug-likeness (QED) is 0.0887. The predicted molar refractivity (Wildman–Crippen MR) is 200 cm³/mol. The van der Waals surface area contributed by atoms with Crippen LogP contribution in [0.5, 0.6) is 0 Å². The number of carboxylic acid groups (broad SMARTS) is 1. The number of hydrogen-bond acceptors (Lipinski definition) is 16. The Kier molecular flexibility index (Phi) is 52.2. The molecule has 0 bridgehead atoms. The van der Waals surface area contributed by atoms with Crippen LogP contribution in [-0.4, -0.2) is 202 Å². The van der Waals surface area contributed by atoms with Gasteiger partial charge in [0.1, 0.15) is 5.78 Å². The van der Waals surface area contributed by atoms with E-state index in [4.69, 9.17) is 71.4 Å². The standard InChI is InChI=1S/C19H38O8.C18H36O9/c1-3-5-21-7-9-23-11-13-25-15-17-27-18-16-26-14-12-24-10-8-22-6-4-19(2)20;1-2-4-21-6-8-23-10-12-25-14-16-27-17-15-26-13-11-24-9-7-22-5-3-18(19)20/h3-18H2,1-2H3;2-17H2,1H3,(H,19,20). The first kappa shape index (κ1) is 54.7. The molecule has 0 heterocycles. The zero-order valence-electron chi connectivity index (χ0n) is 33.6. The highest BCUT2D eigenvalue weighted by Crippen LogP contribution is 1.89. The number of ketones is 1. The SMILES string of the molecule is CCCOCCOCCOCCOCCOCCOCCOCCC(=O)O.CCCOCCOCCOCCOCCOCCOCCOCCC(C)=O. The number of rotatable bonds is 46. The largest absolute Gasteiger partial charge is 0.481 e. The van der Waals surface area contributed by atoms with Crippen LogP contribution >= 0.6 is 0 Å². The number of hydrogen-bond donors (Lipinski definition) is 1. The molecule has 0 aromatic heterocycles. The van der Waals surface area contributed by atoms with Gasteiger partial charge in [-0.05, 0) is 19.8 Å². The highest BCUT2D eigenvalue weighted by Gasteiger charge is 1.98. The van der Waals surface area contributed by atoms with Gasteiger partial charge in [0.2, 0.25) is 0 Å². The second-order valence-corrected chi connectivity index (χ2v) is 11.2. The maximum atomic E-state index is 10.7. The van der Waals surface area contributed by atoms with Gasteiger partial charge in [0, 0.05) is 19.6 Å². The van der Waals surface area contributed by atoms with Crippen molar-refractivity contribution in [3.63, 3.8) is 0 Å².